The van der Waals surface area contributed by atoms with E-state index in [0.29, 0.717) is 22.2 Å². The molecule has 0 aliphatic carbocycles. The van der Waals surface area contributed by atoms with Crippen LogP contribution in [0.2, 0.25) is 0 Å². The molecular weight excluding hydrogens is 753 g/mol. The number of nitrogens with zero attached hydrogens (tertiary/aromatic N) is 4. The lowest BCUT2D eigenvalue weighted by atomic mass is 9.56. The van der Waals surface area contributed by atoms with Crippen molar-refractivity contribution in [2.75, 3.05) is 7.05 Å². The van der Waals surface area contributed by atoms with Crippen molar-refractivity contribution in [2.24, 2.45) is 0 Å². The molecule has 4 nitrogen and oxygen atoms in total. The predicted octanol–water partition coefficient (Wildman–Crippen LogP) is 14.3. The van der Waals surface area contributed by atoms with Crippen molar-refractivity contribution < 1.29 is 9.14 Å². The molecule has 4 aliphatic rings. The number of imidazole rings is 1. The van der Waals surface area contributed by atoms with Crippen LogP contribution in [0.25, 0.3) is 34.3 Å². The van der Waals surface area contributed by atoms with Gasteiger partial charge in [-0.25, -0.2) is 4.57 Å². The first kappa shape index (κ1) is 40.5. The van der Waals surface area contributed by atoms with Crippen LogP contribution in [0.4, 0.5) is 11.4 Å². The van der Waals surface area contributed by atoms with Crippen molar-refractivity contribution in [3.63, 3.8) is 0 Å². The van der Waals surface area contributed by atoms with Crippen LogP contribution in [-0.4, -0.2) is 22.0 Å². The molecule has 0 saturated heterocycles. The molecule has 1 aromatic heterocycles. The van der Waals surface area contributed by atoms with E-state index in [1.807, 2.05) is 0 Å². The minimum absolute atomic E-state index is 0.151. The van der Waals surface area contributed by atoms with Gasteiger partial charge in [0.25, 0.3) is 5.82 Å². The molecule has 314 valence electrons. The van der Waals surface area contributed by atoms with Gasteiger partial charge in [-0.15, -0.1) is 4.58 Å². The third kappa shape index (κ3) is 5.35. The molecular formula is C58H65N4+3. The van der Waals surface area contributed by atoms with Crippen LogP contribution in [0.5, 0.6) is 0 Å². The standard InChI is InChI=1S/C58H65N4/c1-13-57(10)50-25-19-18-24-46(50)55-59(53-47(37(4)5)34-43(35-48(53)38(6)7)41-21-15-14-16-22-41)29-30-61(55)58(57,11)40(9)45-28-27-44(36(2)3)54-52(45)39(8)49-33-42-23-17-20-26-51(42)62(12)32-31-60(54)56(49)62/h14-40H,13H2,1-12H3/q+3. The van der Waals surface area contributed by atoms with Gasteiger partial charge in [0, 0.05) is 51.1 Å². The molecule has 0 fully saturated rings. The number of amidine groups is 1. The number of rotatable bonds is 8. The minimum atomic E-state index is -0.341. The summed E-state index contributed by atoms with van der Waals surface area (Å²) in [5, 5.41) is 0. The van der Waals surface area contributed by atoms with Crippen LogP contribution in [0, 0.1) is 0 Å². The Morgan fingerprint density at radius 1 is 0.726 bits per heavy atom. The molecule has 0 N–H and O–H groups in total. The highest BCUT2D eigenvalue weighted by molar-refractivity contribution is 6.13. The van der Waals surface area contributed by atoms with E-state index in [-0.39, 0.29) is 22.8 Å². The summed E-state index contributed by atoms with van der Waals surface area (Å²) in [7, 11) is 2.37. The Morgan fingerprint density at radius 3 is 2.03 bits per heavy atom. The normalized spacial score (nSPS) is 23.6. The molecule has 5 atom stereocenters. The number of para-hydroxylation sites is 1. The van der Waals surface area contributed by atoms with Gasteiger partial charge in [0.05, 0.1) is 18.2 Å². The molecule has 62 heavy (non-hydrogen) atoms. The summed E-state index contributed by atoms with van der Waals surface area (Å²) in [6, 6.07) is 39.2. The van der Waals surface area contributed by atoms with Gasteiger partial charge < -0.3 is 0 Å². The Hall–Kier alpha value is -5.58. The van der Waals surface area contributed by atoms with Gasteiger partial charge in [-0.05, 0) is 83.7 Å². The van der Waals surface area contributed by atoms with Crippen LogP contribution >= 0.6 is 0 Å². The Bertz CT molecular complexity index is 2870. The number of quaternary nitrogens is 1. The second kappa shape index (κ2) is 14.2. The fraction of sp³-hybridized carbons (Fsp3) is 0.345. The van der Waals surface area contributed by atoms with Crippen LogP contribution in [0.3, 0.4) is 0 Å². The Labute approximate surface area is 370 Å². The molecule has 4 heteroatoms. The Kier molecular flexibility index (Phi) is 9.29. The number of hydrogen-bond donors (Lipinski definition) is 0. The van der Waals surface area contributed by atoms with Crippen molar-refractivity contribution >= 4 is 23.3 Å². The summed E-state index contributed by atoms with van der Waals surface area (Å²) in [6.45, 7) is 26.8. The topological polar surface area (TPSA) is 11.8 Å². The van der Waals surface area contributed by atoms with Crippen molar-refractivity contribution in [3.8, 4) is 28.2 Å². The lowest BCUT2D eigenvalue weighted by Gasteiger charge is -2.51. The molecule has 4 aliphatic heterocycles. The highest BCUT2D eigenvalue weighted by atomic mass is 15.4. The van der Waals surface area contributed by atoms with Crippen LogP contribution in [-0.2, 0) is 11.0 Å². The highest BCUT2D eigenvalue weighted by Gasteiger charge is 2.61. The second-order valence-electron chi connectivity index (χ2n) is 20.2. The third-order valence-corrected chi connectivity index (χ3v) is 16.2. The summed E-state index contributed by atoms with van der Waals surface area (Å²) in [6.07, 6.45) is 13.1. The van der Waals surface area contributed by atoms with Crippen molar-refractivity contribution in [1.29, 1.82) is 0 Å². The minimum Gasteiger partial charge on any atom is -0.223 e. The maximum Gasteiger partial charge on any atom is 0.388 e. The maximum absolute atomic E-state index is 2.72. The number of aromatic nitrogens is 2. The quantitative estimate of drug-likeness (QED) is 0.107. The Morgan fingerprint density at radius 2 is 1.35 bits per heavy atom. The van der Waals surface area contributed by atoms with Crippen LogP contribution in [0.15, 0.2) is 133 Å². The van der Waals surface area contributed by atoms with Gasteiger partial charge in [0.2, 0.25) is 11.9 Å². The van der Waals surface area contributed by atoms with Crippen LogP contribution < -0.4 is 9.05 Å². The number of likely N-dealkylation sites (N-methyl/N-ethyl adjacent to an activating group) is 1. The van der Waals surface area contributed by atoms with E-state index in [1.54, 1.807) is 0 Å². The largest absolute Gasteiger partial charge is 0.388 e. The summed E-state index contributed by atoms with van der Waals surface area (Å²) < 4.78 is 8.57. The SMILES string of the molecule is CCC1(C)c2ccccc2-c2n(-c3c(C(C)C)cc(-c4ccccc4)cc3C(C)C)cc[n+]2C1(C)C(C)c1ccc(C(C)C)c2c1C(C)C1=Cc3ccccc3[N+]3(C)C=C[N+]2=C13. The van der Waals surface area contributed by atoms with Gasteiger partial charge in [0.15, 0.2) is 11.9 Å². The van der Waals surface area contributed by atoms with Crippen molar-refractivity contribution in [2.45, 2.75) is 123 Å². The smallest absolute Gasteiger partial charge is 0.223 e. The summed E-state index contributed by atoms with van der Waals surface area (Å²) in [5.41, 5.74) is 18.7. The van der Waals surface area contributed by atoms with Crippen LogP contribution in [0.1, 0.15) is 151 Å². The van der Waals surface area contributed by atoms with E-state index in [9.17, 15) is 0 Å². The maximum atomic E-state index is 2.72. The van der Waals surface area contributed by atoms with Gasteiger partial charge in [0.1, 0.15) is 23.6 Å². The molecule has 5 aromatic carbocycles. The van der Waals surface area contributed by atoms with E-state index >= 15 is 0 Å². The zero-order chi connectivity index (χ0) is 43.6. The van der Waals surface area contributed by atoms with Gasteiger partial charge in [-0.2, -0.15) is 9.05 Å². The molecule has 0 bridgehead atoms. The van der Waals surface area contributed by atoms with Gasteiger partial charge in [-0.1, -0.05) is 142 Å². The van der Waals surface area contributed by atoms with E-state index in [4.69, 9.17) is 0 Å². The first-order valence-electron chi connectivity index (χ1n) is 23.3. The number of hydrogen-bond acceptors (Lipinski definition) is 0. The summed E-state index contributed by atoms with van der Waals surface area (Å²) in [4.78, 5) is 0. The van der Waals surface area contributed by atoms with E-state index in [0.717, 1.165) is 6.42 Å². The number of benzene rings is 5. The third-order valence-electron chi connectivity index (χ3n) is 16.2. The molecule has 10 rings (SSSR count). The molecule has 5 unspecified atom stereocenters. The lowest BCUT2D eigenvalue weighted by molar-refractivity contribution is -0.767. The average molecular weight is 818 g/mol. The second-order valence-corrected chi connectivity index (χ2v) is 20.2. The van der Waals surface area contributed by atoms with Gasteiger partial charge in [-0.3, -0.25) is 0 Å². The molecule has 0 saturated carbocycles. The predicted molar refractivity (Wildman–Crippen MR) is 260 cm³/mol. The Balaban J connectivity index is 1.23. The lowest BCUT2D eigenvalue weighted by Crippen LogP contribution is -2.69. The summed E-state index contributed by atoms with van der Waals surface area (Å²) in [5.74, 6) is 4.05. The van der Waals surface area contributed by atoms with E-state index in [1.165, 1.54) is 89.9 Å². The van der Waals surface area contributed by atoms with Crippen molar-refractivity contribution in [3.05, 3.63) is 172 Å². The zero-order valence-corrected chi connectivity index (χ0v) is 39.1. The average Bonchev–Trinajstić information content (AvgIpc) is 3.89. The fourth-order valence-electron chi connectivity index (χ4n) is 12.4. The first-order valence-corrected chi connectivity index (χ1v) is 23.3. The van der Waals surface area contributed by atoms with Gasteiger partial charge >= 0.3 is 5.84 Å². The van der Waals surface area contributed by atoms with Crippen molar-refractivity contribution in [1.82, 2.24) is 9.05 Å². The molecule has 5 heterocycles. The monoisotopic (exact) mass is 818 g/mol. The number of fused-ring (bicyclic) bond motifs is 7. The zero-order valence-electron chi connectivity index (χ0n) is 39.1. The van der Waals surface area contributed by atoms with E-state index in [2.05, 4.69) is 231 Å². The summed E-state index contributed by atoms with van der Waals surface area (Å²) >= 11 is 0. The molecule has 0 amide bonds. The molecule has 0 spiro atoms. The molecule has 0 radical (unpaired) electrons. The molecule has 6 aromatic rings. The fourth-order valence-corrected chi connectivity index (χ4v) is 12.4. The first-order chi connectivity index (χ1) is 29.7. The van der Waals surface area contributed by atoms with E-state index < -0.39 is 0 Å². The highest BCUT2D eigenvalue weighted by Crippen LogP contribution is 2.58.